The Labute approximate surface area is 135 Å². The second kappa shape index (κ2) is 6.88. The zero-order chi connectivity index (χ0) is 17.9. The second-order valence-electron chi connectivity index (χ2n) is 5.32. The summed E-state index contributed by atoms with van der Waals surface area (Å²) >= 11 is 0. The first-order chi connectivity index (χ1) is 11.3. The van der Waals surface area contributed by atoms with E-state index in [1.165, 1.54) is 0 Å². The highest BCUT2D eigenvalue weighted by atomic mass is 19.4. The smallest absolute Gasteiger partial charge is 0.475 e. The monoisotopic (exact) mass is 341 g/mol. The number of carboxylic acids is 1. The number of benzene rings is 1. The minimum Gasteiger partial charge on any atom is -0.475 e. The fourth-order valence-corrected chi connectivity index (χ4v) is 2.72. The molecule has 0 spiro atoms. The van der Waals surface area contributed by atoms with Crippen LogP contribution in [0.4, 0.5) is 13.2 Å². The van der Waals surface area contributed by atoms with E-state index in [4.69, 9.17) is 15.2 Å². The second-order valence-corrected chi connectivity index (χ2v) is 5.32. The van der Waals surface area contributed by atoms with Crippen molar-refractivity contribution < 1.29 is 27.9 Å². The Kier molecular flexibility index (Phi) is 5.09. The summed E-state index contributed by atoms with van der Waals surface area (Å²) in [6.07, 6.45) is -4.23. The third-order valence-electron chi connectivity index (χ3n) is 3.79. The van der Waals surface area contributed by atoms with Gasteiger partial charge in [0.1, 0.15) is 0 Å². The molecular formula is C15H14F3N3O3. The summed E-state index contributed by atoms with van der Waals surface area (Å²) in [5.74, 6) is -2.73. The van der Waals surface area contributed by atoms with Gasteiger partial charge in [0.05, 0.1) is 17.2 Å². The molecule has 0 unspecified atom stereocenters. The van der Waals surface area contributed by atoms with Crippen LogP contribution in [0.5, 0.6) is 0 Å². The fourth-order valence-electron chi connectivity index (χ4n) is 2.72. The molecule has 0 aromatic heterocycles. The molecule has 1 amide bonds. The number of aliphatic carboxylic acids is 1. The third-order valence-corrected chi connectivity index (χ3v) is 3.79. The van der Waals surface area contributed by atoms with E-state index in [1.807, 2.05) is 17.0 Å². The van der Waals surface area contributed by atoms with Crippen LogP contribution in [0.25, 0.3) is 0 Å². The first-order valence-electron chi connectivity index (χ1n) is 7.09. The third kappa shape index (κ3) is 3.65. The molecule has 0 saturated carbocycles. The number of amides is 1. The van der Waals surface area contributed by atoms with E-state index in [-0.39, 0.29) is 11.9 Å². The van der Waals surface area contributed by atoms with Gasteiger partial charge in [0.25, 0.3) is 5.91 Å². The van der Waals surface area contributed by atoms with Crippen molar-refractivity contribution in [2.75, 3.05) is 19.6 Å². The summed E-state index contributed by atoms with van der Waals surface area (Å²) < 4.78 is 31.7. The van der Waals surface area contributed by atoms with Crippen LogP contribution in [0.2, 0.25) is 0 Å². The normalized spacial score (nSPS) is 19.3. The lowest BCUT2D eigenvalue weighted by molar-refractivity contribution is -0.192. The van der Waals surface area contributed by atoms with Crippen molar-refractivity contribution in [2.45, 2.75) is 18.6 Å². The number of hydrogen-bond acceptors (Lipinski definition) is 4. The van der Waals surface area contributed by atoms with Crippen molar-refractivity contribution in [1.29, 1.82) is 5.26 Å². The predicted octanol–water partition coefficient (Wildman–Crippen LogP) is 1.16. The number of carbonyl (C=O) groups excluding carboxylic acids is 1. The van der Waals surface area contributed by atoms with Crippen LogP contribution in [-0.4, -0.2) is 53.7 Å². The maximum absolute atomic E-state index is 12.4. The average molecular weight is 341 g/mol. The zero-order valence-corrected chi connectivity index (χ0v) is 12.4. The van der Waals surface area contributed by atoms with Crippen LogP contribution in [0.1, 0.15) is 21.5 Å². The van der Waals surface area contributed by atoms with Crippen LogP contribution in [0.3, 0.4) is 0 Å². The Hall–Kier alpha value is -2.60. The molecule has 1 fully saturated rings. The number of carboxylic acid groups (broad SMARTS) is 1. The number of alkyl halides is 3. The molecular weight excluding hydrogens is 327 g/mol. The molecule has 128 valence electrons. The molecule has 0 aliphatic carbocycles. The van der Waals surface area contributed by atoms with E-state index in [0.29, 0.717) is 11.1 Å². The maximum Gasteiger partial charge on any atom is 0.490 e. The van der Waals surface area contributed by atoms with E-state index in [0.717, 1.165) is 31.6 Å². The van der Waals surface area contributed by atoms with Crippen molar-refractivity contribution in [2.24, 2.45) is 0 Å². The number of hydrogen-bond donors (Lipinski definition) is 2. The number of nitriles is 1. The molecule has 6 nitrogen and oxygen atoms in total. The molecule has 0 radical (unpaired) electrons. The molecule has 2 heterocycles. The number of nitrogens with one attached hydrogen (secondary N) is 1. The Balaban J connectivity index is 0.000000256. The first kappa shape index (κ1) is 17.7. The van der Waals surface area contributed by atoms with Gasteiger partial charge in [-0.1, -0.05) is 12.1 Å². The first-order valence-corrected chi connectivity index (χ1v) is 7.09. The van der Waals surface area contributed by atoms with E-state index >= 15 is 0 Å². The number of halogens is 3. The minimum atomic E-state index is -5.08. The summed E-state index contributed by atoms with van der Waals surface area (Å²) in [5.41, 5.74) is 2.14. The fraction of sp³-hybridized carbons (Fsp3) is 0.400. The zero-order valence-electron chi connectivity index (χ0n) is 12.4. The quantitative estimate of drug-likeness (QED) is 0.739. The SMILES string of the molecule is N#Cc1cccc2c1C(=O)N1CCNC[C@H]1C2.O=C(O)C(F)(F)F. The van der Waals surface area contributed by atoms with Gasteiger partial charge in [-0.2, -0.15) is 18.4 Å². The van der Waals surface area contributed by atoms with Crippen LogP contribution < -0.4 is 5.32 Å². The maximum atomic E-state index is 12.4. The molecule has 2 aliphatic heterocycles. The van der Waals surface area contributed by atoms with Gasteiger partial charge in [0.2, 0.25) is 0 Å². The van der Waals surface area contributed by atoms with Crippen molar-refractivity contribution in [1.82, 2.24) is 10.2 Å². The predicted molar refractivity (Wildman–Crippen MR) is 76.2 cm³/mol. The summed E-state index contributed by atoms with van der Waals surface area (Å²) in [5, 5.41) is 19.5. The van der Waals surface area contributed by atoms with Crippen molar-refractivity contribution in [3.05, 3.63) is 34.9 Å². The van der Waals surface area contributed by atoms with Crippen molar-refractivity contribution in [3.63, 3.8) is 0 Å². The van der Waals surface area contributed by atoms with Crippen molar-refractivity contribution >= 4 is 11.9 Å². The molecule has 9 heteroatoms. The largest absolute Gasteiger partial charge is 0.490 e. The molecule has 24 heavy (non-hydrogen) atoms. The molecule has 3 rings (SSSR count). The summed E-state index contributed by atoms with van der Waals surface area (Å²) in [6.45, 7) is 2.43. The molecule has 2 N–H and O–H groups in total. The lowest BCUT2D eigenvalue weighted by atomic mass is 9.89. The van der Waals surface area contributed by atoms with Crippen LogP contribution in [0.15, 0.2) is 18.2 Å². The molecule has 2 aliphatic rings. The topological polar surface area (TPSA) is 93.4 Å². The van der Waals surface area contributed by atoms with Gasteiger partial charge in [0, 0.05) is 25.7 Å². The van der Waals surface area contributed by atoms with Crippen LogP contribution in [0, 0.1) is 11.3 Å². The Bertz CT molecular complexity index is 697. The molecule has 1 aromatic carbocycles. The number of fused-ring (bicyclic) bond motifs is 2. The molecule has 0 bridgehead atoms. The standard InChI is InChI=1S/C13H13N3O.C2HF3O2/c14-7-10-3-1-2-9-6-11-8-15-4-5-16(11)13(17)12(9)10;3-2(4,5)1(6)7/h1-3,11,15H,4-6,8H2;(H,6,7)/t11-;/m1./s1. The number of carbonyl (C=O) groups is 2. The number of nitrogens with zero attached hydrogens (tertiary/aromatic N) is 2. The van der Waals surface area contributed by atoms with Gasteiger partial charge in [0.15, 0.2) is 0 Å². The van der Waals surface area contributed by atoms with Gasteiger partial charge < -0.3 is 15.3 Å². The van der Waals surface area contributed by atoms with Gasteiger partial charge in [-0.15, -0.1) is 0 Å². The van der Waals surface area contributed by atoms with Gasteiger partial charge >= 0.3 is 12.1 Å². The minimum absolute atomic E-state index is 0.0231. The van der Waals surface area contributed by atoms with Gasteiger partial charge in [-0.25, -0.2) is 4.79 Å². The van der Waals surface area contributed by atoms with E-state index < -0.39 is 12.1 Å². The average Bonchev–Trinajstić information content (AvgIpc) is 2.54. The van der Waals surface area contributed by atoms with Crippen molar-refractivity contribution in [3.8, 4) is 6.07 Å². The van der Waals surface area contributed by atoms with Crippen LogP contribution >= 0.6 is 0 Å². The van der Waals surface area contributed by atoms with Gasteiger partial charge in [-0.05, 0) is 18.1 Å². The number of piperazine rings is 1. The van der Waals surface area contributed by atoms with Gasteiger partial charge in [-0.3, -0.25) is 4.79 Å². The Morgan fingerprint density at radius 2 is 2.08 bits per heavy atom. The Morgan fingerprint density at radius 1 is 1.42 bits per heavy atom. The summed E-state index contributed by atoms with van der Waals surface area (Å²) in [4.78, 5) is 23.2. The lowest BCUT2D eigenvalue weighted by Gasteiger charge is -2.40. The lowest BCUT2D eigenvalue weighted by Crippen LogP contribution is -2.56. The van der Waals surface area contributed by atoms with E-state index in [9.17, 15) is 18.0 Å². The highest BCUT2D eigenvalue weighted by molar-refractivity contribution is 5.99. The summed E-state index contributed by atoms with van der Waals surface area (Å²) in [7, 11) is 0. The molecule has 1 saturated heterocycles. The molecule has 1 aromatic rings. The van der Waals surface area contributed by atoms with E-state index in [2.05, 4.69) is 11.4 Å². The molecule has 1 atom stereocenters. The van der Waals surface area contributed by atoms with E-state index in [1.54, 1.807) is 6.07 Å². The Morgan fingerprint density at radius 3 is 2.67 bits per heavy atom. The summed E-state index contributed by atoms with van der Waals surface area (Å²) in [6, 6.07) is 7.90. The van der Waals surface area contributed by atoms with Crippen LogP contribution in [-0.2, 0) is 11.2 Å². The highest BCUT2D eigenvalue weighted by Crippen LogP contribution is 2.26. The number of rotatable bonds is 0. The highest BCUT2D eigenvalue weighted by Gasteiger charge is 2.38.